The monoisotopic (exact) mass is 402 g/mol. The summed E-state index contributed by atoms with van der Waals surface area (Å²) < 4.78 is 40.3. The minimum Gasteiger partial charge on any atom is -0.493 e. The Balaban J connectivity index is 1.51. The Kier molecular flexibility index (Phi) is 5.04. The molecule has 3 aromatic rings. The number of aromatic nitrogens is 3. The van der Waals surface area contributed by atoms with E-state index in [4.69, 9.17) is 0 Å². The Morgan fingerprint density at radius 3 is 2.76 bits per heavy atom. The lowest BCUT2D eigenvalue weighted by atomic mass is 9.92. The summed E-state index contributed by atoms with van der Waals surface area (Å²) >= 11 is 0. The lowest BCUT2D eigenvalue weighted by Crippen LogP contribution is -2.35. The zero-order valence-electron chi connectivity index (χ0n) is 15.9. The van der Waals surface area contributed by atoms with Gasteiger partial charge in [0.05, 0.1) is 11.3 Å². The van der Waals surface area contributed by atoms with Gasteiger partial charge in [-0.25, -0.2) is 4.98 Å². The van der Waals surface area contributed by atoms with Crippen molar-refractivity contribution in [3.63, 3.8) is 0 Å². The predicted molar refractivity (Wildman–Crippen MR) is 102 cm³/mol. The highest BCUT2D eigenvalue weighted by atomic mass is 19.4. The summed E-state index contributed by atoms with van der Waals surface area (Å²) in [7, 11) is 1.90. The highest BCUT2D eigenvalue weighted by Crippen LogP contribution is 2.33. The predicted octanol–water partition coefficient (Wildman–Crippen LogP) is 3.98. The number of pyridine rings is 1. The van der Waals surface area contributed by atoms with Crippen molar-refractivity contribution in [2.24, 2.45) is 0 Å². The molecule has 1 unspecified atom stereocenters. The summed E-state index contributed by atoms with van der Waals surface area (Å²) in [5, 5.41) is 15.2. The van der Waals surface area contributed by atoms with E-state index in [1.807, 2.05) is 18.0 Å². The molecule has 1 aliphatic rings. The molecule has 8 heteroatoms. The van der Waals surface area contributed by atoms with Crippen molar-refractivity contribution >= 4 is 0 Å². The van der Waals surface area contributed by atoms with Crippen molar-refractivity contribution in [2.75, 3.05) is 7.05 Å². The van der Waals surface area contributed by atoms with E-state index in [9.17, 15) is 18.3 Å². The molecule has 0 amide bonds. The number of fused-ring (bicyclic) bond motifs is 1. The molecule has 0 spiro atoms. The first kappa shape index (κ1) is 19.4. The van der Waals surface area contributed by atoms with Crippen molar-refractivity contribution < 1.29 is 18.3 Å². The summed E-state index contributed by atoms with van der Waals surface area (Å²) in [6, 6.07) is 10.9. The molecular formula is C21H21F3N4O. The van der Waals surface area contributed by atoms with E-state index in [-0.39, 0.29) is 11.9 Å². The summed E-state index contributed by atoms with van der Waals surface area (Å²) in [5.74, 6) is 0.629. The van der Waals surface area contributed by atoms with E-state index < -0.39 is 11.7 Å². The van der Waals surface area contributed by atoms with Gasteiger partial charge in [-0.15, -0.1) is 0 Å². The van der Waals surface area contributed by atoms with E-state index in [0.29, 0.717) is 30.8 Å². The Hall–Kier alpha value is -2.87. The first-order chi connectivity index (χ1) is 13.8. The van der Waals surface area contributed by atoms with Gasteiger partial charge in [0.25, 0.3) is 0 Å². The Bertz CT molecular complexity index is 1000. The highest BCUT2D eigenvalue weighted by molar-refractivity contribution is 5.39. The van der Waals surface area contributed by atoms with Crippen LogP contribution in [-0.2, 0) is 25.6 Å². The molecule has 0 radical (unpaired) electrons. The zero-order valence-corrected chi connectivity index (χ0v) is 15.9. The highest BCUT2D eigenvalue weighted by Gasteiger charge is 2.31. The smallest absolute Gasteiger partial charge is 0.416 e. The third-order valence-corrected chi connectivity index (χ3v) is 5.37. The Morgan fingerprint density at radius 1 is 1.21 bits per heavy atom. The maximum atomic E-state index is 13.0. The minimum atomic E-state index is -4.35. The molecule has 2 aromatic heterocycles. The van der Waals surface area contributed by atoms with Gasteiger partial charge >= 0.3 is 6.18 Å². The molecule has 0 fully saturated rings. The van der Waals surface area contributed by atoms with Gasteiger partial charge < -0.3 is 5.11 Å². The lowest BCUT2D eigenvalue weighted by Gasteiger charge is -2.31. The summed E-state index contributed by atoms with van der Waals surface area (Å²) in [4.78, 5) is 6.27. The number of rotatable bonds is 4. The molecule has 4 rings (SSSR count). The second kappa shape index (κ2) is 7.51. The number of alkyl halides is 3. The van der Waals surface area contributed by atoms with Crippen molar-refractivity contribution in [2.45, 2.75) is 38.0 Å². The number of benzene rings is 1. The van der Waals surface area contributed by atoms with Gasteiger partial charge in [0.1, 0.15) is 0 Å². The fourth-order valence-electron chi connectivity index (χ4n) is 3.81. The molecule has 0 saturated carbocycles. The number of nitrogens with zero attached hydrogens (tertiary/aromatic N) is 4. The topological polar surface area (TPSA) is 54.2 Å². The fourth-order valence-corrected chi connectivity index (χ4v) is 3.81. The molecular weight excluding hydrogens is 381 g/mol. The van der Waals surface area contributed by atoms with Crippen LogP contribution < -0.4 is 0 Å². The fraction of sp³-hybridized carbons (Fsp3) is 0.333. The molecule has 152 valence electrons. The molecule has 29 heavy (non-hydrogen) atoms. The maximum absolute atomic E-state index is 13.0. The summed E-state index contributed by atoms with van der Waals surface area (Å²) in [5.41, 5.74) is 1.60. The van der Waals surface area contributed by atoms with Crippen LogP contribution in [0.5, 0.6) is 5.88 Å². The summed E-state index contributed by atoms with van der Waals surface area (Å²) in [6.45, 7) is 0.402. The van der Waals surface area contributed by atoms with Crippen LogP contribution in [0.15, 0.2) is 48.7 Å². The number of hydrogen-bond acceptors (Lipinski definition) is 4. The van der Waals surface area contributed by atoms with Crippen LogP contribution >= 0.6 is 0 Å². The first-order valence-electron chi connectivity index (χ1n) is 9.40. The number of halogens is 3. The molecule has 0 bridgehead atoms. The number of aromatic hydroxyl groups is 1. The van der Waals surface area contributed by atoms with Crippen LogP contribution in [0.4, 0.5) is 13.2 Å². The molecule has 1 aromatic carbocycles. The van der Waals surface area contributed by atoms with Gasteiger partial charge in [0, 0.05) is 24.3 Å². The number of hydrogen-bond donors (Lipinski definition) is 1. The Labute approximate surface area is 166 Å². The van der Waals surface area contributed by atoms with E-state index in [1.54, 1.807) is 24.4 Å². The van der Waals surface area contributed by atoms with Crippen LogP contribution in [0.2, 0.25) is 0 Å². The minimum absolute atomic E-state index is 0.0795. The van der Waals surface area contributed by atoms with Crippen molar-refractivity contribution in [3.8, 4) is 11.7 Å². The molecule has 5 nitrogen and oxygen atoms in total. The van der Waals surface area contributed by atoms with Gasteiger partial charge in [-0.2, -0.15) is 23.0 Å². The molecule has 1 atom stereocenters. The van der Waals surface area contributed by atoms with Crippen molar-refractivity contribution in [3.05, 3.63) is 71.0 Å². The first-order valence-corrected chi connectivity index (χ1v) is 9.40. The number of aryl methyl sites for hydroxylation is 1. The van der Waals surface area contributed by atoms with E-state index in [2.05, 4.69) is 10.1 Å². The standard InChI is InChI=1S/C21H21F3N4O/c1-27(13-14-5-4-6-15(11-14)21(22,23)24)16-8-9-18-17(12-16)20(29)28(26-18)19-7-2-3-10-25-19/h2-7,10-11,16,29H,8-9,12-13H2,1H3. The quantitative estimate of drug-likeness (QED) is 0.717. The van der Waals surface area contributed by atoms with Crippen LogP contribution in [-0.4, -0.2) is 37.9 Å². The normalized spacial score (nSPS) is 16.8. The molecule has 1 aliphatic carbocycles. The van der Waals surface area contributed by atoms with Crippen LogP contribution in [0.1, 0.15) is 28.8 Å². The van der Waals surface area contributed by atoms with E-state index >= 15 is 0 Å². The molecule has 0 saturated heterocycles. The van der Waals surface area contributed by atoms with Crippen LogP contribution in [0.3, 0.4) is 0 Å². The molecule has 0 aliphatic heterocycles. The van der Waals surface area contributed by atoms with Gasteiger partial charge in [-0.05, 0) is 50.1 Å². The van der Waals surface area contributed by atoms with E-state index in [1.165, 1.54) is 16.8 Å². The van der Waals surface area contributed by atoms with Crippen molar-refractivity contribution in [1.29, 1.82) is 0 Å². The zero-order chi connectivity index (χ0) is 20.6. The largest absolute Gasteiger partial charge is 0.493 e. The van der Waals surface area contributed by atoms with Crippen LogP contribution in [0.25, 0.3) is 5.82 Å². The third kappa shape index (κ3) is 3.98. The second-order valence-electron chi connectivity index (χ2n) is 7.36. The van der Waals surface area contributed by atoms with E-state index in [0.717, 1.165) is 23.7 Å². The van der Waals surface area contributed by atoms with Gasteiger partial charge in [-0.3, -0.25) is 4.90 Å². The average molecular weight is 402 g/mol. The van der Waals surface area contributed by atoms with Crippen LogP contribution in [0, 0.1) is 0 Å². The van der Waals surface area contributed by atoms with Gasteiger partial charge in [-0.1, -0.05) is 24.3 Å². The third-order valence-electron chi connectivity index (χ3n) is 5.37. The molecule has 2 heterocycles. The Morgan fingerprint density at radius 2 is 2.03 bits per heavy atom. The van der Waals surface area contributed by atoms with Gasteiger partial charge in [0.15, 0.2) is 5.82 Å². The summed E-state index contributed by atoms with van der Waals surface area (Å²) in [6.07, 6.45) is -0.605. The van der Waals surface area contributed by atoms with Crippen molar-refractivity contribution in [1.82, 2.24) is 19.7 Å². The SMILES string of the molecule is CN(Cc1cccc(C(F)(F)F)c1)C1CCc2nn(-c3ccccn3)c(O)c2C1. The van der Waals surface area contributed by atoms with Gasteiger partial charge in [0.2, 0.25) is 5.88 Å². The second-order valence-corrected chi connectivity index (χ2v) is 7.36. The maximum Gasteiger partial charge on any atom is 0.416 e. The average Bonchev–Trinajstić information content (AvgIpc) is 3.04. The lowest BCUT2D eigenvalue weighted by molar-refractivity contribution is -0.137. The number of likely N-dealkylation sites (N-methyl/N-ethyl adjacent to an activating group) is 1. The molecule has 1 N–H and O–H groups in total.